The molecule has 1 aliphatic heterocycles. The van der Waals surface area contributed by atoms with Crippen LogP contribution in [0.3, 0.4) is 0 Å². The van der Waals surface area contributed by atoms with E-state index in [4.69, 9.17) is 18.4 Å². The summed E-state index contributed by atoms with van der Waals surface area (Å²) in [4.78, 5) is 0. The lowest BCUT2D eigenvalue weighted by Crippen LogP contribution is -2.35. The number of hydrogen-bond acceptors (Lipinski definition) is 6. The lowest BCUT2D eigenvalue weighted by Gasteiger charge is -2.36. The molecule has 5 rings (SSSR count). The third-order valence-electron chi connectivity index (χ3n) is 6.59. The Labute approximate surface area is 216 Å². The molecule has 3 atom stereocenters. The second-order valence-corrected chi connectivity index (χ2v) is 11.3. The second kappa shape index (κ2) is 9.78. The second-order valence-electron chi connectivity index (χ2n) is 9.68. The molecule has 1 saturated heterocycles. The minimum atomic E-state index is -3.96. The Morgan fingerprint density at radius 1 is 0.838 bits per heavy atom. The predicted molar refractivity (Wildman–Crippen MR) is 137 cm³/mol. The van der Waals surface area contributed by atoms with Gasteiger partial charge in [0.25, 0.3) is 10.1 Å². The molecule has 0 spiro atoms. The molecule has 37 heavy (non-hydrogen) atoms. The van der Waals surface area contributed by atoms with Gasteiger partial charge in [0.2, 0.25) is 0 Å². The van der Waals surface area contributed by atoms with Crippen molar-refractivity contribution in [2.45, 2.75) is 43.5 Å². The SMILES string of the molecule is CC1(C)OC2C(COC(c3ccccc3)(c3ccccc3)c3ccccc3)=C(F)C(OS(C)(=O)=O)C2O1. The number of ether oxygens (including phenoxy) is 3. The molecule has 0 saturated carbocycles. The van der Waals surface area contributed by atoms with Crippen LogP contribution in [0.5, 0.6) is 0 Å². The summed E-state index contributed by atoms with van der Waals surface area (Å²) < 4.78 is 63.4. The molecular formula is C29H29FO6S. The molecule has 1 heterocycles. The fourth-order valence-corrected chi connectivity index (χ4v) is 5.70. The number of halogens is 1. The fourth-order valence-electron chi connectivity index (χ4n) is 5.13. The van der Waals surface area contributed by atoms with Crippen LogP contribution in [0.2, 0.25) is 0 Å². The van der Waals surface area contributed by atoms with E-state index in [1.54, 1.807) is 13.8 Å². The van der Waals surface area contributed by atoms with E-state index in [-0.39, 0.29) is 12.2 Å². The number of benzene rings is 3. The summed E-state index contributed by atoms with van der Waals surface area (Å²) in [5, 5.41) is 0. The summed E-state index contributed by atoms with van der Waals surface area (Å²) in [6, 6.07) is 29.1. The Morgan fingerprint density at radius 3 is 1.73 bits per heavy atom. The number of fused-ring (bicyclic) bond motifs is 1. The first kappa shape index (κ1) is 25.8. The molecule has 0 bridgehead atoms. The van der Waals surface area contributed by atoms with Crippen molar-refractivity contribution in [3.05, 3.63) is 119 Å². The summed E-state index contributed by atoms with van der Waals surface area (Å²) in [7, 11) is -3.96. The van der Waals surface area contributed by atoms with Gasteiger partial charge in [-0.25, -0.2) is 4.39 Å². The lowest BCUT2D eigenvalue weighted by atomic mass is 9.80. The van der Waals surface area contributed by atoms with Crippen LogP contribution in [0.1, 0.15) is 30.5 Å². The van der Waals surface area contributed by atoms with Gasteiger partial charge in [-0.3, -0.25) is 4.18 Å². The fraction of sp³-hybridized carbons (Fsp3) is 0.310. The topological polar surface area (TPSA) is 71.1 Å². The molecule has 3 aromatic carbocycles. The summed E-state index contributed by atoms with van der Waals surface area (Å²) in [6.07, 6.45) is -2.37. The van der Waals surface area contributed by atoms with E-state index in [2.05, 4.69) is 0 Å². The zero-order valence-electron chi connectivity index (χ0n) is 20.8. The van der Waals surface area contributed by atoms with Crippen molar-refractivity contribution >= 4 is 10.1 Å². The normalized spacial score (nSPS) is 23.3. The van der Waals surface area contributed by atoms with E-state index in [0.29, 0.717) is 0 Å². The van der Waals surface area contributed by atoms with Gasteiger partial charge >= 0.3 is 0 Å². The van der Waals surface area contributed by atoms with Crippen LogP contribution >= 0.6 is 0 Å². The zero-order chi connectivity index (χ0) is 26.3. The van der Waals surface area contributed by atoms with E-state index in [1.807, 2.05) is 91.0 Å². The van der Waals surface area contributed by atoms with E-state index < -0.39 is 45.6 Å². The van der Waals surface area contributed by atoms with Gasteiger partial charge in [-0.15, -0.1) is 0 Å². The van der Waals surface area contributed by atoms with Gasteiger partial charge < -0.3 is 14.2 Å². The maximum Gasteiger partial charge on any atom is 0.265 e. The highest BCUT2D eigenvalue weighted by atomic mass is 32.2. The van der Waals surface area contributed by atoms with Crippen LogP contribution in [-0.2, 0) is 34.1 Å². The summed E-state index contributed by atoms with van der Waals surface area (Å²) >= 11 is 0. The molecular weight excluding hydrogens is 495 g/mol. The Bertz CT molecular complexity index is 1280. The molecule has 0 N–H and O–H groups in total. The van der Waals surface area contributed by atoms with Crippen molar-refractivity contribution in [2.24, 2.45) is 0 Å². The molecule has 0 amide bonds. The molecule has 3 aromatic rings. The van der Waals surface area contributed by atoms with Crippen LogP contribution < -0.4 is 0 Å². The van der Waals surface area contributed by atoms with Crippen molar-refractivity contribution in [3.8, 4) is 0 Å². The predicted octanol–water partition coefficient (Wildman–Crippen LogP) is 5.10. The van der Waals surface area contributed by atoms with Crippen LogP contribution in [0.25, 0.3) is 0 Å². The summed E-state index contributed by atoms with van der Waals surface area (Å²) in [6.45, 7) is 3.21. The molecule has 0 radical (unpaired) electrons. The highest BCUT2D eigenvalue weighted by molar-refractivity contribution is 7.86. The Balaban J connectivity index is 1.61. The average Bonchev–Trinajstić information content (AvgIpc) is 3.31. The van der Waals surface area contributed by atoms with Crippen LogP contribution in [0.4, 0.5) is 4.39 Å². The standard InChI is InChI=1S/C29H29FO6S/c1-28(2)34-25-23(24(30)26(27(25)35-28)36-37(3,31)32)19-33-29(20-13-7-4-8-14-20,21-15-9-5-10-16-21)22-17-11-6-12-18-22/h4-18,25-27H,19H2,1-3H3. The van der Waals surface area contributed by atoms with Gasteiger partial charge in [-0.2, -0.15) is 8.42 Å². The molecule has 6 nitrogen and oxygen atoms in total. The summed E-state index contributed by atoms with van der Waals surface area (Å²) in [5.74, 6) is -1.80. The molecule has 3 unspecified atom stereocenters. The van der Waals surface area contributed by atoms with Gasteiger partial charge in [0.05, 0.1) is 12.9 Å². The highest BCUT2D eigenvalue weighted by Gasteiger charge is 2.56. The number of hydrogen-bond donors (Lipinski definition) is 0. The van der Waals surface area contributed by atoms with Crippen LogP contribution in [0, 0.1) is 0 Å². The van der Waals surface area contributed by atoms with E-state index in [1.165, 1.54) is 0 Å². The first-order valence-corrected chi connectivity index (χ1v) is 13.9. The van der Waals surface area contributed by atoms with Crippen molar-refractivity contribution in [1.29, 1.82) is 0 Å². The molecule has 1 aliphatic carbocycles. The van der Waals surface area contributed by atoms with Gasteiger partial charge in [0, 0.05) is 5.57 Å². The minimum Gasteiger partial charge on any atom is -0.356 e. The third kappa shape index (κ3) is 5.00. The molecule has 0 aromatic heterocycles. The maximum atomic E-state index is 15.8. The minimum absolute atomic E-state index is 0.163. The van der Waals surface area contributed by atoms with Crippen LogP contribution in [-0.4, -0.2) is 45.4 Å². The van der Waals surface area contributed by atoms with Crippen molar-refractivity contribution in [3.63, 3.8) is 0 Å². The highest BCUT2D eigenvalue weighted by Crippen LogP contribution is 2.46. The van der Waals surface area contributed by atoms with Crippen molar-refractivity contribution in [1.82, 2.24) is 0 Å². The van der Waals surface area contributed by atoms with Gasteiger partial charge in [-0.1, -0.05) is 91.0 Å². The first-order chi connectivity index (χ1) is 17.6. The van der Waals surface area contributed by atoms with Crippen molar-refractivity contribution < 1.29 is 31.2 Å². The molecule has 1 fully saturated rings. The average molecular weight is 525 g/mol. The molecule has 2 aliphatic rings. The van der Waals surface area contributed by atoms with Gasteiger partial charge in [-0.05, 0) is 30.5 Å². The quantitative estimate of drug-likeness (QED) is 0.302. The van der Waals surface area contributed by atoms with Crippen molar-refractivity contribution in [2.75, 3.05) is 12.9 Å². The van der Waals surface area contributed by atoms with E-state index in [9.17, 15) is 8.42 Å². The maximum absolute atomic E-state index is 15.8. The smallest absolute Gasteiger partial charge is 0.265 e. The Morgan fingerprint density at radius 2 is 1.30 bits per heavy atom. The lowest BCUT2D eigenvalue weighted by molar-refractivity contribution is -0.154. The largest absolute Gasteiger partial charge is 0.356 e. The van der Waals surface area contributed by atoms with Crippen LogP contribution in [0.15, 0.2) is 102 Å². The third-order valence-corrected chi connectivity index (χ3v) is 7.15. The van der Waals surface area contributed by atoms with E-state index >= 15 is 4.39 Å². The number of rotatable bonds is 8. The van der Waals surface area contributed by atoms with E-state index in [0.717, 1.165) is 22.9 Å². The summed E-state index contributed by atoms with van der Waals surface area (Å²) in [5.41, 5.74) is 1.65. The molecule has 194 valence electrons. The Kier molecular flexibility index (Phi) is 6.81. The zero-order valence-corrected chi connectivity index (χ0v) is 21.7. The Hall–Kier alpha value is -2.88. The van der Waals surface area contributed by atoms with Gasteiger partial charge in [0.15, 0.2) is 11.9 Å². The monoisotopic (exact) mass is 524 g/mol. The molecule has 8 heteroatoms. The first-order valence-electron chi connectivity index (χ1n) is 12.0. The van der Waals surface area contributed by atoms with Gasteiger partial charge in [0.1, 0.15) is 23.6 Å².